The van der Waals surface area contributed by atoms with E-state index in [0.29, 0.717) is 0 Å². The highest BCUT2D eigenvalue weighted by atomic mass is 16.5. The van der Waals surface area contributed by atoms with Crippen LogP contribution < -0.4 is 35.7 Å². The molecule has 0 bridgehead atoms. The van der Waals surface area contributed by atoms with E-state index in [1.807, 2.05) is 6.07 Å². The minimum atomic E-state index is -0.663. The van der Waals surface area contributed by atoms with Crippen LogP contribution in [0.25, 0.3) is 11.1 Å². The lowest BCUT2D eigenvalue weighted by molar-refractivity contribution is 0.464. The van der Waals surface area contributed by atoms with Crippen molar-refractivity contribution in [2.75, 3.05) is 9.80 Å². The molecule has 2 heterocycles. The van der Waals surface area contributed by atoms with E-state index in [4.69, 9.17) is 9.47 Å². The van der Waals surface area contributed by atoms with Crippen molar-refractivity contribution in [2.45, 2.75) is 5.41 Å². The van der Waals surface area contributed by atoms with Crippen LogP contribution in [-0.4, -0.2) is 6.71 Å². The third-order valence-electron chi connectivity index (χ3n) is 13.6. The third kappa shape index (κ3) is 5.87. The Morgan fingerprint density at radius 3 is 1.23 bits per heavy atom. The summed E-state index contributed by atoms with van der Waals surface area (Å²) in [6.45, 7) is -0.122. The lowest BCUT2D eigenvalue weighted by atomic mass is 9.34. The third-order valence-corrected chi connectivity index (χ3v) is 13.6. The van der Waals surface area contributed by atoms with Gasteiger partial charge in [-0.05, 0) is 129 Å². The van der Waals surface area contributed by atoms with Crippen LogP contribution in [0.5, 0.6) is 23.0 Å². The fraction of sp³-hybridized carbons (Fsp3) is 0.0164. The summed E-state index contributed by atoms with van der Waals surface area (Å²) >= 11 is 0. The van der Waals surface area contributed by atoms with Gasteiger partial charge in [-0.15, -0.1) is 0 Å². The second kappa shape index (κ2) is 15.3. The second-order valence-corrected chi connectivity index (χ2v) is 17.2. The summed E-state index contributed by atoms with van der Waals surface area (Å²) in [6, 6.07) is 89.1. The van der Waals surface area contributed by atoms with E-state index in [1.54, 1.807) is 0 Å². The number of ether oxygens (including phenoxy) is 2. The Labute approximate surface area is 385 Å². The molecule has 0 saturated carbocycles. The molecule has 0 atom stereocenters. The zero-order valence-electron chi connectivity index (χ0n) is 36.0. The van der Waals surface area contributed by atoms with Gasteiger partial charge in [-0.2, -0.15) is 0 Å². The van der Waals surface area contributed by atoms with E-state index in [-0.39, 0.29) is 6.71 Å². The highest BCUT2D eigenvalue weighted by Gasteiger charge is 2.49. The first-order valence-corrected chi connectivity index (χ1v) is 22.6. The van der Waals surface area contributed by atoms with Crippen molar-refractivity contribution in [3.05, 3.63) is 271 Å². The smallest absolute Gasteiger partial charge is 0.260 e. The number of anilines is 6. The predicted octanol–water partition coefficient (Wildman–Crippen LogP) is 13.7. The molecule has 5 heteroatoms. The molecule has 0 unspecified atom stereocenters. The summed E-state index contributed by atoms with van der Waals surface area (Å²) < 4.78 is 14.0. The zero-order chi connectivity index (χ0) is 43.6. The van der Waals surface area contributed by atoms with E-state index in [0.717, 1.165) is 73.5 Å². The van der Waals surface area contributed by atoms with Crippen LogP contribution in [0, 0.1) is 0 Å². The van der Waals surface area contributed by atoms with Crippen LogP contribution in [0.2, 0.25) is 0 Å². The first-order chi connectivity index (χ1) is 32.7. The molecule has 3 aliphatic rings. The van der Waals surface area contributed by atoms with Crippen molar-refractivity contribution < 1.29 is 9.47 Å². The molecule has 0 N–H and O–H groups in total. The van der Waals surface area contributed by atoms with Gasteiger partial charge in [-0.3, -0.25) is 0 Å². The Bertz CT molecular complexity index is 3300. The van der Waals surface area contributed by atoms with Gasteiger partial charge in [0.1, 0.15) is 23.0 Å². The molecule has 4 nitrogen and oxygen atoms in total. The number of nitrogens with zero attached hydrogens (tertiary/aromatic N) is 2. The van der Waals surface area contributed by atoms with Gasteiger partial charge in [0, 0.05) is 45.7 Å². The normalized spacial score (nSPS) is 13.2. The molecule has 0 saturated heterocycles. The van der Waals surface area contributed by atoms with Crippen LogP contribution in [-0.2, 0) is 5.41 Å². The van der Waals surface area contributed by atoms with Crippen LogP contribution in [0.1, 0.15) is 22.3 Å². The maximum absolute atomic E-state index is 7.09. The van der Waals surface area contributed by atoms with E-state index in [2.05, 4.69) is 252 Å². The lowest BCUT2D eigenvalue weighted by Gasteiger charge is -2.36. The second-order valence-electron chi connectivity index (χ2n) is 17.2. The first-order valence-electron chi connectivity index (χ1n) is 22.6. The Morgan fingerprint density at radius 2 is 0.727 bits per heavy atom. The van der Waals surface area contributed by atoms with Gasteiger partial charge in [0.25, 0.3) is 6.71 Å². The topological polar surface area (TPSA) is 24.9 Å². The molecule has 10 aromatic carbocycles. The summed E-state index contributed by atoms with van der Waals surface area (Å²) in [4.78, 5) is 4.65. The number of hydrogen-bond acceptors (Lipinski definition) is 4. The average Bonchev–Trinajstić information content (AvgIpc) is 3.66. The average molecular weight is 845 g/mol. The standard InChI is InChI=1S/C61H41BN2O2/c1-7-20-42(21-8-1)61(43-22-9-2-10-23-43)52-38-48(63(44-24-11-3-12-25-44)45-26-13-4-14-27-45)34-36-50(52)51-40-55-59(41-53(51)61)66-57-33-19-32-56-60(57)62(55)54-37-35-49(39-58(54)65-56)64(46-28-15-5-16-29-46)47-30-17-6-18-31-47/h1-41H. The summed E-state index contributed by atoms with van der Waals surface area (Å²) in [7, 11) is 0. The quantitative estimate of drug-likeness (QED) is 0.142. The van der Waals surface area contributed by atoms with Crippen molar-refractivity contribution >= 4 is 57.2 Å². The van der Waals surface area contributed by atoms with Gasteiger partial charge in [0.05, 0.1) is 5.41 Å². The summed E-state index contributed by atoms with van der Waals surface area (Å²) in [5.74, 6) is 3.32. The maximum Gasteiger partial charge on any atom is 0.260 e. The molecule has 66 heavy (non-hydrogen) atoms. The molecular weight excluding hydrogens is 803 g/mol. The van der Waals surface area contributed by atoms with E-state index < -0.39 is 5.41 Å². The van der Waals surface area contributed by atoms with Crippen molar-refractivity contribution in [2.24, 2.45) is 0 Å². The highest BCUT2D eigenvalue weighted by molar-refractivity contribution is 6.98. The van der Waals surface area contributed by atoms with Gasteiger partial charge in [0.15, 0.2) is 0 Å². The zero-order valence-corrected chi connectivity index (χ0v) is 36.0. The minimum Gasteiger partial charge on any atom is -0.458 e. The molecule has 0 fully saturated rings. The Hall–Kier alpha value is -8.54. The monoisotopic (exact) mass is 844 g/mol. The van der Waals surface area contributed by atoms with Crippen LogP contribution in [0.3, 0.4) is 0 Å². The van der Waals surface area contributed by atoms with Gasteiger partial charge in [-0.25, -0.2) is 0 Å². The molecule has 13 rings (SSSR count). The minimum absolute atomic E-state index is 0.122. The largest absolute Gasteiger partial charge is 0.458 e. The van der Waals surface area contributed by atoms with Gasteiger partial charge < -0.3 is 19.3 Å². The molecule has 0 spiro atoms. The molecule has 0 aromatic heterocycles. The number of fused-ring (bicyclic) bond motifs is 7. The van der Waals surface area contributed by atoms with E-state index in [1.165, 1.54) is 33.4 Å². The van der Waals surface area contributed by atoms with Gasteiger partial charge >= 0.3 is 0 Å². The number of benzene rings is 10. The van der Waals surface area contributed by atoms with Crippen LogP contribution in [0.4, 0.5) is 34.1 Å². The van der Waals surface area contributed by atoms with E-state index in [9.17, 15) is 0 Å². The Kier molecular flexibility index (Phi) is 8.82. The maximum atomic E-state index is 7.09. The summed E-state index contributed by atoms with van der Waals surface area (Å²) in [6.07, 6.45) is 0. The van der Waals surface area contributed by atoms with Crippen molar-refractivity contribution in [1.82, 2.24) is 0 Å². The molecular formula is C61H41BN2O2. The van der Waals surface area contributed by atoms with Crippen molar-refractivity contribution in [3.8, 4) is 34.1 Å². The van der Waals surface area contributed by atoms with E-state index >= 15 is 0 Å². The Morgan fingerprint density at radius 1 is 0.303 bits per heavy atom. The predicted molar refractivity (Wildman–Crippen MR) is 271 cm³/mol. The first kappa shape index (κ1) is 38.0. The molecule has 1 aliphatic carbocycles. The lowest BCUT2D eigenvalue weighted by Crippen LogP contribution is -2.57. The summed E-state index contributed by atoms with van der Waals surface area (Å²) in [5.41, 5.74) is 16.3. The van der Waals surface area contributed by atoms with Crippen LogP contribution in [0.15, 0.2) is 249 Å². The molecule has 2 aliphatic heterocycles. The van der Waals surface area contributed by atoms with Crippen molar-refractivity contribution in [3.63, 3.8) is 0 Å². The number of para-hydroxylation sites is 4. The molecule has 0 radical (unpaired) electrons. The Balaban J connectivity index is 1.04. The highest BCUT2D eigenvalue weighted by Crippen LogP contribution is 2.58. The fourth-order valence-corrected chi connectivity index (χ4v) is 10.9. The summed E-state index contributed by atoms with van der Waals surface area (Å²) in [5, 5.41) is 0. The van der Waals surface area contributed by atoms with Crippen LogP contribution >= 0.6 is 0 Å². The number of rotatable bonds is 8. The SMILES string of the molecule is c1ccc(N(c2ccccc2)c2ccc3c(c2)Oc2cccc4c2B3c2cc3c(cc2O4)C(c2ccccc2)(c2ccccc2)c2cc(N(c4ccccc4)c4ccccc4)ccc2-3)cc1. The number of hydrogen-bond donors (Lipinski definition) is 0. The van der Waals surface area contributed by atoms with Gasteiger partial charge in [-0.1, -0.05) is 158 Å². The van der Waals surface area contributed by atoms with Crippen molar-refractivity contribution in [1.29, 1.82) is 0 Å². The molecule has 310 valence electrons. The fourth-order valence-electron chi connectivity index (χ4n) is 10.9. The molecule has 0 amide bonds. The van der Waals surface area contributed by atoms with Gasteiger partial charge in [0.2, 0.25) is 0 Å². The molecule has 10 aromatic rings.